The molecule has 0 radical (unpaired) electrons. The Balaban J connectivity index is 1.66. The van der Waals surface area contributed by atoms with E-state index in [-0.39, 0.29) is 11.4 Å². The average molecular weight is 344 g/mol. The zero-order valence-corrected chi connectivity index (χ0v) is 14.7. The zero-order chi connectivity index (χ0) is 17.7. The van der Waals surface area contributed by atoms with Crippen LogP contribution in [0.4, 0.5) is 0 Å². The quantitative estimate of drug-likeness (QED) is 0.838. The van der Waals surface area contributed by atoms with E-state index in [0.29, 0.717) is 12.1 Å². The maximum absolute atomic E-state index is 12.6. The van der Waals surface area contributed by atoms with Crippen LogP contribution in [0.2, 0.25) is 0 Å². The number of carbonyl (C=O) groups is 1. The number of carbonyl (C=O) groups excluding carboxylic acids is 1. The van der Waals surface area contributed by atoms with Crippen LogP contribution in [0.1, 0.15) is 30.6 Å². The molecule has 0 bridgehead atoms. The maximum Gasteiger partial charge on any atom is 0.251 e. The van der Waals surface area contributed by atoms with Gasteiger partial charge < -0.3 is 10.1 Å². The summed E-state index contributed by atoms with van der Waals surface area (Å²) in [6, 6.07) is 7.26. The normalized spacial score (nSPS) is 17.8. The minimum atomic E-state index is -0.0946. The third-order valence-corrected chi connectivity index (χ3v) is 4.89. The Bertz CT molecular complexity index is 699. The second kappa shape index (κ2) is 7.71. The molecule has 134 valence electrons. The van der Waals surface area contributed by atoms with Gasteiger partial charge in [-0.05, 0) is 42.0 Å². The van der Waals surface area contributed by atoms with Gasteiger partial charge in [0.15, 0.2) is 0 Å². The molecule has 0 aliphatic carbocycles. The lowest BCUT2D eigenvalue weighted by atomic mass is 9.95. The van der Waals surface area contributed by atoms with Crippen molar-refractivity contribution in [2.24, 2.45) is 0 Å². The van der Waals surface area contributed by atoms with Crippen LogP contribution in [0, 0.1) is 0 Å². The molecule has 1 aromatic heterocycles. The van der Waals surface area contributed by atoms with Gasteiger partial charge in [0, 0.05) is 30.7 Å². The van der Waals surface area contributed by atoms with Gasteiger partial charge in [0.1, 0.15) is 6.33 Å². The van der Waals surface area contributed by atoms with Gasteiger partial charge in [-0.15, -0.1) is 5.10 Å². The molecule has 8 heteroatoms. The van der Waals surface area contributed by atoms with Gasteiger partial charge in [-0.2, -0.15) is 0 Å². The first-order valence-corrected chi connectivity index (χ1v) is 8.57. The van der Waals surface area contributed by atoms with Gasteiger partial charge in [-0.1, -0.05) is 13.0 Å². The second-order valence-electron chi connectivity index (χ2n) is 6.44. The van der Waals surface area contributed by atoms with Gasteiger partial charge in [0.25, 0.3) is 5.91 Å². The van der Waals surface area contributed by atoms with Crippen molar-refractivity contribution in [3.05, 3.63) is 36.2 Å². The van der Waals surface area contributed by atoms with Crippen molar-refractivity contribution in [3.63, 3.8) is 0 Å². The van der Waals surface area contributed by atoms with E-state index in [1.807, 2.05) is 12.1 Å². The summed E-state index contributed by atoms with van der Waals surface area (Å²) in [5, 5.41) is 14.2. The number of tetrazole rings is 1. The molecule has 1 amide bonds. The number of hydrogen-bond donors (Lipinski definition) is 1. The molecule has 2 aromatic rings. The van der Waals surface area contributed by atoms with Gasteiger partial charge in [-0.25, -0.2) is 4.68 Å². The number of aromatic nitrogens is 4. The number of benzene rings is 1. The fourth-order valence-corrected chi connectivity index (χ4v) is 3.01. The molecule has 3 rings (SSSR count). The minimum absolute atomic E-state index is 0.0765. The van der Waals surface area contributed by atoms with Crippen LogP contribution < -0.4 is 5.32 Å². The van der Waals surface area contributed by atoms with Crippen LogP contribution in [0.15, 0.2) is 30.6 Å². The van der Waals surface area contributed by atoms with Crippen molar-refractivity contribution in [1.29, 1.82) is 0 Å². The maximum atomic E-state index is 12.6. The van der Waals surface area contributed by atoms with Crippen LogP contribution in [0.3, 0.4) is 0 Å². The van der Waals surface area contributed by atoms with Crippen LogP contribution in [0.25, 0.3) is 5.69 Å². The molecule has 1 atom stereocenters. The molecule has 0 unspecified atom stereocenters. The van der Waals surface area contributed by atoms with E-state index in [1.165, 1.54) is 11.0 Å². The fourth-order valence-electron chi connectivity index (χ4n) is 3.01. The minimum Gasteiger partial charge on any atom is -0.379 e. The largest absolute Gasteiger partial charge is 0.379 e. The highest BCUT2D eigenvalue weighted by Gasteiger charge is 2.31. The topological polar surface area (TPSA) is 85.2 Å². The molecule has 1 aromatic carbocycles. The lowest BCUT2D eigenvalue weighted by Crippen LogP contribution is -2.56. The van der Waals surface area contributed by atoms with E-state index in [0.717, 1.165) is 38.4 Å². The Morgan fingerprint density at radius 2 is 2.16 bits per heavy atom. The van der Waals surface area contributed by atoms with E-state index >= 15 is 0 Å². The molecule has 1 N–H and O–H groups in total. The molecule has 1 aliphatic rings. The van der Waals surface area contributed by atoms with Gasteiger partial charge >= 0.3 is 0 Å². The Hall–Kier alpha value is -2.32. The van der Waals surface area contributed by atoms with Crippen molar-refractivity contribution in [1.82, 2.24) is 30.4 Å². The van der Waals surface area contributed by atoms with E-state index in [1.54, 1.807) is 12.1 Å². The standard InChI is InChI=1S/C17H24N6O2/c1-3-17(2,22-7-9-25-10-8-22)12-18-16(24)14-5-4-6-15(11-14)23-13-19-20-21-23/h4-6,11,13H,3,7-10,12H2,1-2H3,(H,18,24)/t17-/m1/s1. The van der Waals surface area contributed by atoms with Crippen LogP contribution in [0.5, 0.6) is 0 Å². The first-order chi connectivity index (χ1) is 12.1. The number of morpholine rings is 1. The second-order valence-corrected chi connectivity index (χ2v) is 6.44. The molecule has 0 spiro atoms. The highest BCUT2D eigenvalue weighted by molar-refractivity contribution is 5.94. The van der Waals surface area contributed by atoms with Gasteiger partial charge in [-0.3, -0.25) is 9.69 Å². The molecule has 8 nitrogen and oxygen atoms in total. The summed E-state index contributed by atoms with van der Waals surface area (Å²) in [6.45, 7) is 8.23. The summed E-state index contributed by atoms with van der Waals surface area (Å²) in [4.78, 5) is 15.0. The molecule has 1 fully saturated rings. The number of nitrogens with one attached hydrogen (secondary N) is 1. The molecule has 1 saturated heterocycles. The van der Waals surface area contributed by atoms with E-state index in [4.69, 9.17) is 4.74 Å². The Kier molecular flexibility index (Phi) is 5.40. The average Bonchev–Trinajstić information content (AvgIpc) is 3.21. The van der Waals surface area contributed by atoms with Crippen LogP contribution in [-0.4, -0.2) is 69.4 Å². The van der Waals surface area contributed by atoms with Crippen molar-refractivity contribution in [3.8, 4) is 5.69 Å². The summed E-state index contributed by atoms with van der Waals surface area (Å²) in [5.41, 5.74) is 1.27. The first-order valence-electron chi connectivity index (χ1n) is 8.57. The third kappa shape index (κ3) is 4.02. The van der Waals surface area contributed by atoms with Gasteiger partial charge in [0.2, 0.25) is 0 Å². The molecule has 25 heavy (non-hydrogen) atoms. The van der Waals surface area contributed by atoms with Crippen molar-refractivity contribution >= 4 is 5.91 Å². The van der Waals surface area contributed by atoms with Crippen LogP contribution in [-0.2, 0) is 4.74 Å². The lowest BCUT2D eigenvalue weighted by molar-refractivity contribution is -0.0169. The van der Waals surface area contributed by atoms with Crippen molar-refractivity contribution < 1.29 is 9.53 Å². The number of nitrogens with zero attached hydrogens (tertiary/aromatic N) is 5. The number of amides is 1. The predicted molar refractivity (Wildman–Crippen MR) is 92.6 cm³/mol. The summed E-state index contributed by atoms with van der Waals surface area (Å²) in [6.07, 6.45) is 2.46. The lowest BCUT2D eigenvalue weighted by Gasteiger charge is -2.43. The van der Waals surface area contributed by atoms with Crippen molar-refractivity contribution in [2.45, 2.75) is 25.8 Å². The molecule has 1 aliphatic heterocycles. The van der Waals surface area contributed by atoms with Gasteiger partial charge in [0.05, 0.1) is 18.9 Å². The predicted octanol–water partition coefficient (Wildman–Crippen LogP) is 0.893. The molecule has 2 heterocycles. The summed E-state index contributed by atoms with van der Waals surface area (Å²) < 4.78 is 6.96. The highest BCUT2D eigenvalue weighted by atomic mass is 16.5. The SMILES string of the molecule is CC[C@](C)(CNC(=O)c1cccc(-n2cnnn2)c1)N1CCOCC1. The summed E-state index contributed by atoms with van der Waals surface area (Å²) in [5.74, 6) is -0.0946. The Morgan fingerprint density at radius 1 is 1.36 bits per heavy atom. The van der Waals surface area contributed by atoms with E-state index in [9.17, 15) is 4.79 Å². The van der Waals surface area contributed by atoms with Crippen molar-refractivity contribution in [2.75, 3.05) is 32.8 Å². The smallest absolute Gasteiger partial charge is 0.251 e. The van der Waals surface area contributed by atoms with E-state index < -0.39 is 0 Å². The summed E-state index contributed by atoms with van der Waals surface area (Å²) in [7, 11) is 0. The fraction of sp³-hybridized carbons (Fsp3) is 0.529. The molecular weight excluding hydrogens is 320 g/mol. The zero-order valence-electron chi connectivity index (χ0n) is 14.7. The third-order valence-electron chi connectivity index (χ3n) is 4.89. The molecule has 0 saturated carbocycles. The highest BCUT2D eigenvalue weighted by Crippen LogP contribution is 2.20. The Morgan fingerprint density at radius 3 is 2.84 bits per heavy atom. The number of rotatable bonds is 6. The number of ether oxygens (including phenoxy) is 1. The van der Waals surface area contributed by atoms with Crippen LogP contribution >= 0.6 is 0 Å². The monoisotopic (exact) mass is 344 g/mol. The Labute approximate surface area is 147 Å². The summed E-state index contributed by atoms with van der Waals surface area (Å²) >= 11 is 0. The molecular formula is C17H24N6O2. The van der Waals surface area contributed by atoms with E-state index in [2.05, 4.69) is 39.6 Å². The first kappa shape index (κ1) is 17.5. The number of hydrogen-bond acceptors (Lipinski definition) is 6.